The second kappa shape index (κ2) is 6.35. The van der Waals surface area contributed by atoms with Gasteiger partial charge in [-0.3, -0.25) is 9.58 Å². The fraction of sp³-hybridized carbons (Fsp3) is 0.500. The molecule has 0 N–H and O–H groups in total. The van der Waals surface area contributed by atoms with Gasteiger partial charge in [-0.15, -0.1) is 0 Å². The van der Waals surface area contributed by atoms with Crippen LogP contribution in [0, 0.1) is 11.3 Å². The van der Waals surface area contributed by atoms with Gasteiger partial charge in [0.1, 0.15) is 0 Å². The number of esters is 1. The number of nitrogens with zero attached hydrogens (tertiary/aromatic N) is 4. The number of ether oxygens (including phenoxy) is 1. The van der Waals surface area contributed by atoms with Gasteiger partial charge >= 0.3 is 5.97 Å². The van der Waals surface area contributed by atoms with E-state index in [1.807, 2.05) is 7.05 Å². The molecule has 0 fully saturated rings. The summed E-state index contributed by atoms with van der Waals surface area (Å²) in [5.41, 5.74) is 2.32. The van der Waals surface area contributed by atoms with Crippen molar-refractivity contribution in [3.05, 3.63) is 23.5 Å². The quantitative estimate of drug-likeness (QED) is 0.609. The maximum Gasteiger partial charge on any atom is 0.358 e. The molecular weight excluding hydrogens is 256 g/mol. The van der Waals surface area contributed by atoms with E-state index in [2.05, 4.69) is 22.1 Å². The predicted octanol–water partition coefficient (Wildman–Crippen LogP) is 1.21. The van der Waals surface area contributed by atoms with Crippen LogP contribution in [-0.2, 0) is 11.8 Å². The van der Waals surface area contributed by atoms with Gasteiger partial charge in [0.05, 0.1) is 24.9 Å². The first-order valence-electron chi connectivity index (χ1n) is 6.65. The smallest absolute Gasteiger partial charge is 0.358 e. The van der Waals surface area contributed by atoms with Crippen molar-refractivity contribution in [2.75, 3.05) is 26.2 Å². The first-order valence-corrected chi connectivity index (χ1v) is 6.65. The van der Waals surface area contributed by atoms with Crippen LogP contribution in [0.1, 0.15) is 29.5 Å². The Morgan fingerprint density at radius 1 is 1.60 bits per heavy atom. The van der Waals surface area contributed by atoms with E-state index in [1.54, 1.807) is 17.7 Å². The third-order valence-electron chi connectivity index (χ3n) is 3.22. The molecule has 20 heavy (non-hydrogen) atoms. The van der Waals surface area contributed by atoms with Crippen molar-refractivity contribution in [2.45, 2.75) is 13.3 Å². The molecule has 0 saturated carbocycles. The summed E-state index contributed by atoms with van der Waals surface area (Å²) >= 11 is 0. The molecule has 1 aromatic rings. The molecule has 1 aliphatic heterocycles. The molecule has 0 radical (unpaired) electrons. The minimum atomic E-state index is -0.403. The first kappa shape index (κ1) is 14.3. The Morgan fingerprint density at radius 3 is 3.10 bits per heavy atom. The van der Waals surface area contributed by atoms with E-state index in [4.69, 9.17) is 10.00 Å². The minimum Gasteiger partial charge on any atom is -0.461 e. The van der Waals surface area contributed by atoms with Crippen LogP contribution in [0.2, 0.25) is 0 Å². The second-order valence-electron chi connectivity index (χ2n) is 4.65. The highest BCUT2D eigenvalue weighted by Gasteiger charge is 2.19. The Hall–Kier alpha value is -2.13. The molecule has 6 nitrogen and oxygen atoms in total. The normalized spacial score (nSPS) is 15.6. The van der Waals surface area contributed by atoms with Gasteiger partial charge in [-0.1, -0.05) is 6.08 Å². The lowest BCUT2D eigenvalue weighted by Gasteiger charge is -2.24. The van der Waals surface area contributed by atoms with Gasteiger partial charge in [-0.05, 0) is 25.0 Å². The minimum absolute atomic E-state index is 0.322. The summed E-state index contributed by atoms with van der Waals surface area (Å²) in [7, 11) is 1.81. The average Bonchev–Trinajstić information content (AvgIpc) is 2.82. The Balaban J connectivity index is 2.19. The standard InChI is InChI=1S/C14H18N4O2/c1-3-20-14(19)12-9-13(17(2)16-12)11-5-4-7-18(10-11)8-6-15/h5,9H,3-4,7-8,10H2,1-2H3. The summed E-state index contributed by atoms with van der Waals surface area (Å²) in [5, 5.41) is 13.0. The number of rotatable bonds is 4. The molecule has 6 heteroatoms. The highest BCUT2D eigenvalue weighted by Crippen LogP contribution is 2.21. The molecule has 0 saturated heterocycles. The lowest BCUT2D eigenvalue weighted by molar-refractivity contribution is 0.0518. The van der Waals surface area contributed by atoms with E-state index in [-0.39, 0.29) is 0 Å². The average molecular weight is 274 g/mol. The maximum absolute atomic E-state index is 11.7. The van der Waals surface area contributed by atoms with Crippen molar-refractivity contribution in [2.24, 2.45) is 7.05 Å². The Bertz CT molecular complexity index is 568. The third kappa shape index (κ3) is 3.06. The van der Waals surface area contributed by atoms with E-state index in [1.165, 1.54) is 0 Å². The molecule has 0 bridgehead atoms. The van der Waals surface area contributed by atoms with Crippen LogP contribution in [0.3, 0.4) is 0 Å². The van der Waals surface area contributed by atoms with Gasteiger partial charge in [-0.2, -0.15) is 10.4 Å². The van der Waals surface area contributed by atoms with Crippen molar-refractivity contribution in [3.8, 4) is 6.07 Å². The van der Waals surface area contributed by atoms with Crippen molar-refractivity contribution in [3.63, 3.8) is 0 Å². The Labute approximate surface area is 118 Å². The van der Waals surface area contributed by atoms with Crippen LogP contribution in [0.25, 0.3) is 5.57 Å². The molecule has 0 spiro atoms. The SMILES string of the molecule is CCOC(=O)c1cc(C2=CCCN(CC#N)C2)n(C)n1. The third-order valence-corrected chi connectivity index (χ3v) is 3.22. The molecular formula is C14H18N4O2. The predicted molar refractivity (Wildman–Crippen MR) is 73.8 cm³/mol. The summed E-state index contributed by atoms with van der Waals surface area (Å²) in [4.78, 5) is 13.8. The molecule has 0 aromatic carbocycles. The summed E-state index contributed by atoms with van der Waals surface area (Å²) in [6.07, 6.45) is 3.04. The second-order valence-corrected chi connectivity index (χ2v) is 4.65. The van der Waals surface area contributed by atoms with Crippen LogP contribution in [0.15, 0.2) is 12.1 Å². The van der Waals surface area contributed by atoms with Crippen molar-refractivity contribution >= 4 is 11.5 Å². The topological polar surface area (TPSA) is 71.2 Å². The Kier molecular flexibility index (Phi) is 4.53. The van der Waals surface area contributed by atoms with Gasteiger partial charge in [0.15, 0.2) is 5.69 Å². The van der Waals surface area contributed by atoms with Crippen LogP contribution in [-0.4, -0.2) is 46.9 Å². The van der Waals surface area contributed by atoms with Gasteiger partial charge < -0.3 is 4.74 Å². The zero-order valence-electron chi connectivity index (χ0n) is 11.8. The number of hydrogen-bond donors (Lipinski definition) is 0. The zero-order chi connectivity index (χ0) is 14.5. The molecule has 106 valence electrons. The molecule has 1 aromatic heterocycles. The van der Waals surface area contributed by atoms with Crippen LogP contribution in [0.4, 0.5) is 0 Å². The summed E-state index contributed by atoms with van der Waals surface area (Å²) < 4.78 is 6.64. The molecule has 0 unspecified atom stereocenters. The maximum atomic E-state index is 11.7. The zero-order valence-corrected chi connectivity index (χ0v) is 11.8. The molecule has 1 aliphatic rings. The van der Waals surface area contributed by atoms with Crippen molar-refractivity contribution < 1.29 is 9.53 Å². The van der Waals surface area contributed by atoms with E-state index >= 15 is 0 Å². The highest BCUT2D eigenvalue weighted by atomic mass is 16.5. The Morgan fingerprint density at radius 2 is 2.40 bits per heavy atom. The molecule has 0 atom stereocenters. The fourth-order valence-corrected chi connectivity index (χ4v) is 2.30. The number of aryl methyl sites for hydroxylation is 1. The highest BCUT2D eigenvalue weighted by molar-refractivity contribution is 5.88. The van der Waals surface area contributed by atoms with Gasteiger partial charge in [-0.25, -0.2) is 4.79 Å². The van der Waals surface area contributed by atoms with Crippen molar-refractivity contribution in [1.29, 1.82) is 5.26 Å². The number of aromatic nitrogens is 2. The van der Waals surface area contributed by atoms with Gasteiger partial charge in [0.2, 0.25) is 0 Å². The van der Waals surface area contributed by atoms with Crippen LogP contribution < -0.4 is 0 Å². The van der Waals surface area contributed by atoms with E-state index < -0.39 is 5.97 Å². The summed E-state index contributed by atoms with van der Waals surface area (Å²) in [5.74, 6) is -0.403. The van der Waals surface area contributed by atoms with Crippen molar-refractivity contribution in [1.82, 2.24) is 14.7 Å². The number of nitriles is 1. The first-order chi connectivity index (χ1) is 9.65. The molecule has 2 rings (SSSR count). The van der Waals surface area contributed by atoms with E-state index in [9.17, 15) is 4.79 Å². The number of hydrogen-bond acceptors (Lipinski definition) is 5. The summed E-state index contributed by atoms with van der Waals surface area (Å²) in [6, 6.07) is 3.92. The lowest BCUT2D eigenvalue weighted by Crippen LogP contribution is -2.30. The van der Waals surface area contributed by atoms with E-state index in [0.717, 1.165) is 24.2 Å². The van der Waals surface area contributed by atoms with Gasteiger partial charge in [0.25, 0.3) is 0 Å². The molecule has 0 amide bonds. The summed E-state index contributed by atoms with van der Waals surface area (Å²) in [6.45, 7) is 4.11. The van der Waals surface area contributed by atoms with Gasteiger partial charge in [0, 0.05) is 20.1 Å². The fourth-order valence-electron chi connectivity index (χ4n) is 2.30. The molecule has 0 aliphatic carbocycles. The monoisotopic (exact) mass is 274 g/mol. The van der Waals surface area contributed by atoms with Crippen LogP contribution >= 0.6 is 0 Å². The van der Waals surface area contributed by atoms with E-state index in [0.29, 0.717) is 25.4 Å². The molecule has 2 heterocycles. The lowest BCUT2D eigenvalue weighted by atomic mass is 10.1. The number of carbonyl (C=O) groups is 1. The largest absolute Gasteiger partial charge is 0.461 e. The van der Waals surface area contributed by atoms with Crippen LogP contribution in [0.5, 0.6) is 0 Å². The number of carbonyl (C=O) groups excluding carboxylic acids is 1.